The Morgan fingerprint density at radius 2 is 2.16 bits per heavy atom. The third-order valence-electron chi connectivity index (χ3n) is 3.15. The number of anilines is 1. The molecule has 2 rings (SSSR count). The fourth-order valence-corrected chi connectivity index (χ4v) is 2.05. The lowest BCUT2D eigenvalue weighted by Gasteiger charge is -2.26. The molecule has 2 aromatic rings. The lowest BCUT2D eigenvalue weighted by molar-refractivity contribution is 0.722. The second-order valence-corrected chi connectivity index (χ2v) is 4.85. The molecule has 0 spiro atoms. The quantitative estimate of drug-likeness (QED) is 0.933. The Bertz CT molecular complexity index is 559. The van der Waals surface area contributed by atoms with Gasteiger partial charge in [0.05, 0.1) is 17.9 Å². The van der Waals surface area contributed by atoms with Crippen molar-refractivity contribution in [3.8, 4) is 0 Å². The summed E-state index contributed by atoms with van der Waals surface area (Å²) in [6.07, 6.45) is 3.42. The Morgan fingerprint density at radius 1 is 1.37 bits per heavy atom. The molecule has 0 saturated carbocycles. The smallest absolute Gasteiger partial charge is 0.147 e. The van der Waals surface area contributed by atoms with Gasteiger partial charge in [-0.2, -0.15) is 0 Å². The minimum atomic E-state index is 0.154. The number of benzene rings is 1. The molecule has 0 radical (unpaired) electrons. The second-order valence-electron chi connectivity index (χ2n) is 4.41. The van der Waals surface area contributed by atoms with Crippen LogP contribution in [0.3, 0.4) is 0 Å². The summed E-state index contributed by atoms with van der Waals surface area (Å²) >= 11 is 6.02. The first-order chi connectivity index (χ1) is 9.11. The normalized spacial score (nSPS) is 12.2. The van der Waals surface area contributed by atoms with Gasteiger partial charge in [0.2, 0.25) is 0 Å². The van der Waals surface area contributed by atoms with Crippen LogP contribution >= 0.6 is 11.6 Å². The van der Waals surface area contributed by atoms with Gasteiger partial charge in [0.15, 0.2) is 0 Å². The van der Waals surface area contributed by atoms with Gasteiger partial charge in [-0.15, -0.1) is 0 Å². The zero-order valence-electron chi connectivity index (χ0n) is 11.0. The van der Waals surface area contributed by atoms with E-state index in [1.807, 2.05) is 31.3 Å². The molecule has 2 N–H and O–H groups in total. The van der Waals surface area contributed by atoms with Crippen molar-refractivity contribution in [3.05, 3.63) is 52.9 Å². The highest BCUT2D eigenvalue weighted by molar-refractivity contribution is 6.30. The van der Waals surface area contributed by atoms with Crippen LogP contribution in [0.1, 0.15) is 24.2 Å². The first-order valence-corrected chi connectivity index (χ1v) is 6.49. The minimum absolute atomic E-state index is 0.154. The third kappa shape index (κ3) is 3.22. The summed E-state index contributed by atoms with van der Waals surface area (Å²) < 4.78 is 0. The maximum atomic E-state index is 6.02. The summed E-state index contributed by atoms with van der Waals surface area (Å²) in [5.74, 6) is 0.801. The lowest BCUT2D eigenvalue weighted by Crippen LogP contribution is -2.23. The number of hydrogen-bond acceptors (Lipinski definition) is 4. The van der Waals surface area contributed by atoms with Gasteiger partial charge in [0.25, 0.3) is 0 Å². The van der Waals surface area contributed by atoms with Crippen molar-refractivity contribution in [2.75, 3.05) is 11.9 Å². The fourth-order valence-electron chi connectivity index (χ4n) is 1.85. The average molecular weight is 277 g/mol. The SMILES string of the molecule is CC(c1cccc(Cl)c1)N(C)c1cncc(CN)n1. The van der Waals surface area contributed by atoms with E-state index in [2.05, 4.69) is 21.8 Å². The van der Waals surface area contributed by atoms with E-state index in [1.54, 1.807) is 12.4 Å². The van der Waals surface area contributed by atoms with Gasteiger partial charge in [-0.25, -0.2) is 4.98 Å². The van der Waals surface area contributed by atoms with Crippen LogP contribution in [0.2, 0.25) is 5.02 Å². The highest BCUT2D eigenvalue weighted by Gasteiger charge is 2.14. The summed E-state index contributed by atoms with van der Waals surface area (Å²) in [5, 5.41) is 0.736. The predicted octanol–water partition coefficient (Wildman–Crippen LogP) is 2.79. The van der Waals surface area contributed by atoms with Crippen LogP contribution in [0, 0.1) is 0 Å². The highest BCUT2D eigenvalue weighted by atomic mass is 35.5. The minimum Gasteiger partial charge on any atom is -0.352 e. The van der Waals surface area contributed by atoms with Crippen LogP contribution in [0.4, 0.5) is 5.82 Å². The summed E-state index contributed by atoms with van der Waals surface area (Å²) in [7, 11) is 1.98. The van der Waals surface area contributed by atoms with Gasteiger partial charge in [0.1, 0.15) is 5.82 Å². The van der Waals surface area contributed by atoms with Crippen molar-refractivity contribution in [1.29, 1.82) is 0 Å². The number of nitrogens with two attached hydrogens (primary N) is 1. The van der Waals surface area contributed by atoms with E-state index in [0.717, 1.165) is 22.1 Å². The molecule has 0 aliphatic rings. The zero-order valence-corrected chi connectivity index (χ0v) is 11.8. The number of hydrogen-bond donors (Lipinski definition) is 1. The van der Waals surface area contributed by atoms with Crippen molar-refractivity contribution in [2.24, 2.45) is 5.73 Å². The molecule has 0 aliphatic heterocycles. The molecule has 100 valence electrons. The molecule has 1 aromatic heterocycles. The van der Waals surface area contributed by atoms with Crippen molar-refractivity contribution in [3.63, 3.8) is 0 Å². The largest absolute Gasteiger partial charge is 0.352 e. The van der Waals surface area contributed by atoms with Crippen molar-refractivity contribution < 1.29 is 0 Å². The molecule has 0 bridgehead atoms. The summed E-state index contributed by atoms with van der Waals surface area (Å²) in [6.45, 7) is 2.49. The lowest BCUT2D eigenvalue weighted by atomic mass is 10.1. The molecule has 1 atom stereocenters. The Kier molecular flexibility index (Phi) is 4.35. The Hall–Kier alpha value is -1.65. The number of nitrogens with zero attached hydrogens (tertiary/aromatic N) is 3. The van der Waals surface area contributed by atoms with E-state index in [-0.39, 0.29) is 6.04 Å². The number of aromatic nitrogens is 2. The first kappa shape index (κ1) is 13.8. The Labute approximate surface area is 118 Å². The van der Waals surface area contributed by atoms with Crippen molar-refractivity contribution >= 4 is 17.4 Å². The van der Waals surface area contributed by atoms with E-state index < -0.39 is 0 Å². The Morgan fingerprint density at radius 3 is 2.84 bits per heavy atom. The van der Waals surface area contributed by atoms with Crippen LogP contribution < -0.4 is 10.6 Å². The zero-order chi connectivity index (χ0) is 13.8. The Balaban J connectivity index is 2.25. The van der Waals surface area contributed by atoms with Crippen LogP contribution in [0.15, 0.2) is 36.7 Å². The fraction of sp³-hybridized carbons (Fsp3) is 0.286. The number of halogens is 1. The average Bonchev–Trinajstić information content (AvgIpc) is 2.45. The molecule has 1 heterocycles. The molecule has 0 aliphatic carbocycles. The third-order valence-corrected chi connectivity index (χ3v) is 3.39. The van der Waals surface area contributed by atoms with Crippen molar-refractivity contribution in [2.45, 2.75) is 19.5 Å². The maximum absolute atomic E-state index is 6.02. The van der Waals surface area contributed by atoms with E-state index in [9.17, 15) is 0 Å². The molecule has 0 saturated heterocycles. The topological polar surface area (TPSA) is 55.0 Å². The van der Waals surface area contributed by atoms with Crippen LogP contribution in [0.5, 0.6) is 0 Å². The van der Waals surface area contributed by atoms with E-state index in [4.69, 9.17) is 17.3 Å². The van der Waals surface area contributed by atoms with Gasteiger partial charge in [-0.1, -0.05) is 23.7 Å². The summed E-state index contributed by atoms with van der Waals surface area (Å²) in [4.78, 5) is 10.7. The monoisotopic (exact) mass is 276 g/mol. The standard InChI is InChI=1S/C14H17ClN4/c1-10(11-4-3-5-12(15)6-11)19(2)14-9-17-8-13(7-16)18-14/h3-6,8-10H,7,16H2,1-2H3. The molecule has 1 aromatic carbocycles. The van der Waals surface area contributed by atoms with Crippen molar-refractivity contribution in [1.82, 2.24) is 9.97 Å². The molecule has 5 heteroatoms. The second kappa shape index (κ2) is 5.99. The molecular formula is C14H17ClN4. The van der Waals surface area contributed by atoms with Crippen LogP contribution in [-0.2, 0) is 6.54 Å². The molecule has 0 fully saturated rings. The molecule has 4 nitrogen and oxygen atoms in total. The molecule has 1 unspecified atom stereocenters. The van der Waals surface area contributed by atoms with E-state index in [0.29, 0.717) is 6.54 Å². The van der Waals surface area contributed by atoms with Gasteiger partial charge < -0.3 is 10.6 Å². The van der Waals surface area contributed by atoms with Gasteiger partial charge in [-0.3, -0.25) is 4.98 Å². The maximum Gasteiger partial charge on any atom is 0.147 e. The molecule has 19 heavy (non-hydrogen) atoms. The van der Waals surface area contributed by atoms with Crippen LogP contribution in [0.25, 0.3) is 0 Å². The van der Waals surface area contributed by atoms with Gasteiger partial charge in [0, 0.05) is 24.8 Å². The van der Waals surface area contributed by atoms with E-state index >= 15 is 0 Å². The molecular weight excluding hydrogens is 260 g/mol. The van der Waals surface area contributed by atoms with Gasteiger partial charge >= 0.3 is 0 Å². The summed E-state index contributed by atoms with van der Waals surface area (Å²) in [6, 6.07) is 7.98. The van der Waals surface area contributed by atoms with Gasteiger partial charge in [-0.05, 0) is 24.6 Å². The molecule has 0 amide bonds. The summed E-state index contributed by atoms with van der Waals surface area (Å²) in [5.41, 5.74) is 7.50. The van der Waals surface area contributed by atoms with E-state index in [1.165, 1.54) is 0 Å². The number of rotatable bonds is 4. The van der Waals surface area contributed by atoms with Crippen LogP contribution in [-0.4, -0.2) is 17.0 Å². The highest BCUT2D eigenvalue weighted by Crippen LogP contribution is 2.25. The predicted molar refractivity (Wildman–Crippen MR) is 78.2 cm³/mol. The first-order valence-electron chi connectivity index (χ1n) is 6.11.